The van der Waals surface area contributed by atoms with Gasteiger partial charge in [0, 0.05) is 5.56 Å². The highest BCUT2D eigenvalue weighted by Crippen LogP contribution is 1.94. The van der Waals surface area contributed by atoms with Gasteiger partial charge in [0.05, 0.1) is 0 Å². The maximum atomic E-state index is 11.2. The predicted octanol–water partition coefficient (Wildman–Crippen LogP) is 2.05. The summed E-state index contributed by atoms with van der Waals surface area (Å²) >= 11 is 0. The largest absolute Gasteiger partial charge is 0.295 e. The standard InChI is InChI=1S/C14H16O/c1-5-12-6-7-13(11(4)15)9-14(12)8-10(2)3/h5-9H,2H2,1,3-4H3/b12-5-,14-8-. The number of carbonyl (C=O) groups excluding carboxylic acids is 1. The van der Waals surface area contributed by atoms with Crippen molar-refractivity contribution in [3.63, 3.8) is 0 Å². The van der Waals surface area contributed by atoms with Crippen LogP contribution in [0.5, 0.6) is 0 Å². The lowest BCUT2D eigenvalue weighted by Gasteiger charge is -1.96. The molecule has 1 aromatic carbocycles. The van der Waals surface area contributed by atoms with Gasteiger partial charge in [-0.1, -0.05) is 36.4 Å². The normalized spacial score (nSPS) is 13.0. The van der Waals surface area contributed by atoms with E-state index >= 15 is 0 Å². The quantitative estimate of drug-likeness (QED) is 0.668. The number of ketones is 1. The monoisotopic (exact) mass is 200 g/mol. The molecular formula is C14H16O. The molecule has 1 rings (SSSR count). The van der Waals surface area contributed by atoms with Gasteiger partial charge in [0.2, 0.25) is 0 Å². The van der Waals surface area contributed by atoms with Crippen LogP contribution in [0.2, 0.25) is 0 Å². The molecule has 0 spiro atoms. The van der Waals surface area contributed by atoms with Crippen molar-refractivity contribution in [2.75, 3.05) is 0 Å². The summed E-state index contributed by atoms with van der Waals surface area (Å²) in [5, 5.41) is 2.18. The first-order valence-electron chi connectivity index (χ1n) is 4.99. The molecule has 0 saturated carbocycles. The molecule has 0 fully saturated rings. The Balaban J connectivity index is 3.53. The maximum Gasteiger partial charge on any atom is 0.159 e. The van der Waals surface area contributed by atoms with Crippen LogP contribution in [0.15, 0.2) is 30.4 Å². The highest BCUT2D eigenvalue weighted by atomic mass is 16.1. The number of hydrogen-bond acceptors (Lipinski definition) is 1. The average molecular weight is 200 g/mol. The smallest absolute Gasteiger partial charge is 0.159 e. The van der Waals surface area contributed by atoms with Gasteiger partial charge in [-0.15, -0.1) is 0 Å². The molecule has 1 aromatic rings. The number of Topliss-reactive ketones (excluding diaryl/α,β-unsaturated/α-hetero) is 1. The minimum absolute atomic E-state index is 0.0917. The zero-order chi connectivity index (χ0) is 11.4. The number of rotatable bonds is 2. The van der Waals surface area contributed by atoms with E-state index in [2.05, 4.69) is 6.58 Å². The SMILES string of the molecule is C=C(C)/C=c1/cc(C(C)=O)cc/c1=C/C. The van der Waals surface area contributed by atoms with Crippen LogP contribution in [0.3, 0.4) is 0 Å². The van der Waals surface area contributed by atoms with E-state index in [1.54, 1.807) is 6.92 Å². The van der Waals surface area contributed by atoms with E-state index in [0.717, 1.165) is 21.6 Å². The number of hydrogen-bond donors (Lipinski definition) is 0. The summed E-state index contributed by atoms with van der Waals surface area (Å²) < 4.78 is 0. The Morgan fingerprint density at radius 2 is 1.93 bits per heavy atom. The summed E-state index contributed by atoms with van der Waals surface area (Å²) in [5.41, 5.74) is 1.73. The first kappa shape index (κ1) is 11.4. The molecule has 0 unspecified atom stereocenters. The lowest BCUT2D eigenvalue weighted by atomic mass is 10.1. The van der Waals surface area contributed by atoms with Gasteiger partial charge in [0.25, 0.3) is 0 Å². The fourth-order valence-corrected chi connectivity index (χ4v) is 1.45. The summed E-state index contributed by atoms with van der Waals surface area (Å²) in [6.07, 6.45) is 4.01. The molecule has 15 heavy (non-hydrogen) atoms. The molecule has 0 atom stereocenters. The first-order chi connectivity index (χ1) is 7.04. The van der Waals surface area contributed by atoms with Crippen molar-refractivity contribution >= 4 is 17.9 Å². The van der Waals surface area contributed by atoms with E-state index in [1.807, 2.05) is 44.2 Å². The summed E-state index contributed by atoms with van der Waals surface area (Å²) in [4.78, 5) is 11.2. The second-order valence-electron chi connectivity index (χ2n) is 3.68. The van der Waals surface area contributed by atoms with Crippen molar-refractivity contribution in [2.45, 2.75) is 20.8 Å². The molecule has 0 aliphatic rings. The van der Waals surface area contributed by atoms with E-state index in [9.17, 15) is 4.79 Å². The minimum atomic E-state index is 0.0917. The predicted molar refractivity (Wildman–Crippen MR) is 65.1 cm³/mol. The van der Waals surface area contributed by atoms with Crippen LogP contribution in [-0.2, 0) is 0 Å². The van der Waals surface area contributed by atoms with Crippen LogP contribution < -0.4 is 10.4 Å². The maximum absolute atomic E-state index is 11.2. The van der Waals surface area contributed by atoms with E-state index < -0.39 is 0 Å². The van der Waals surface area contributed by atoms with Crippen LogP contribution in [0, 0.1) is 0 Å². The molecule has 1 heteroatoms. The topological polar surface area (TPSA) is 17.1 Å². The zero-order valence-corrected chi connectivity index (χ0v) is 9.50. The van der Waals surface area contributed by atoms with Crippen LogP contribution in [0.1, 0.15) is 31.1 Å². The van der Waals surface area contributed by atoms with Crippen LogP contribution in [-0.4, -0.2) is 5.78 Å². The van der Waals surface area contributed by atoms with Crippen molar-refractivity contribution in [3.8, 4) is 0 Å². The Bertz CT molecular complexity index is 507. The molecule has 0 radical (unpaired) electrons. The van der Waals surface area contributed by atoms with Gasteiger partial charge in [-0.05, 0) is 37.3 Å². The minimum Gasteiger partial charge on any atom is -0.295 e. The number of allylic oxidation sites excluding steroid dienone is 1. The van der Waals surface area contributed by atoms with Crippen LogP contribution >= 0.6 is 0 Å². The van der Waals surface area contributed by atoms with Crippen molar-refractivity contribution in [3.05, 3.63) is 46.4 Å². The summed E-state index contributed by atoms with van der Waals surface area (Å²) in [6, 6.07) is 5.73. The van der Waals surface area contributed by atoms with Gasteiger partial charge in [0.1, 0.15) is 0 Å². The molecule has 0 aromatic heterocycles. The number of benzene rings is 1. The van der Waals surface area contributed by atoms with E-state index in [1.165, 1.54) is 0 Å². The van der Waals surface area contributed by atoms with E-state index in [0.29, 0.717) is 0 Å². The zero-order valence-electron chi connectivity index (χ0n) is 9.50. The van der Waals surface area contributed by atoms with Gasteiger partial charge < -0.3 is 0 Å². The molecule has 0 bridgehead atoms. The van der Waals surface area contributed by atoms with E-state index in [-0.39, 0.29) is 5.78 Å². The first-order valence-corrected chi connectivity index (χ1v) is 4.99. The molecule has 1 nitrogen and oxygen atoms in total. The highest BCUT2D eigenvalue weighted by Gasteiger charge is 1.97. The molecular weight excluding hydrogens is 184 g/mol. The Morgan fingerprint density at radius 3 is 2.40 bits per heavy atom. The van der Waals surface area contributed by atoms with Crippen LogP contribution in [0.4, 0.5) is 0 Å². The third-order valence-corrected chi connectivity index (χ3v) is 2.21. The second kappa shape index (κ2) is 4.74. The van der Waals surface area contributed by atoms with Gasteiger partial charge in [-0.3, -0.25) is 4.79 Å². The Morgan fingerprint density at radius 1 is 1.27 bits per heavy atom. The second-order valence-corrected chi connectivity index (χ2v) is 3.68. The van der Waals surface area contributed by atoms with Gasteiger partial charge >= 0.3 is 0 Å². The Labute approximate surface area is 90.4 Å². The Kier molecular flexibility index (Phi) is 3.62. The van der Waals surface area contributed by atoms with Gasteiger partial charge in [-0.2, -0.15) is 0 Å². The fourth-order valence-electron chi connectivity index (χ4n) is 1.45. The lowest BCUT2D eigenvalue weighted by molar-refractivity contribution is 0.101. The third-order valence-electron chi connectivity index (χ3n) is 2.21. The summed E-state index contributed by atoms with van der Waals surface area (Å²) in [5.74, 6) is 0.0917. The summed E-state index contributed by atoms with van der Waals surface area (Å²) in [7, 11) is 0. The molecule has 0 saturated heterocycles. The third kappa shape index (κ3) is 2.91. The molecule has 78 valence electrons. The van der Waals surface area contributed by atoms with Crippen molar-refractivity contribution < 1.29 is 4.79 Å². The molecule has 0 amide bonds. The molecule has 0 aliphatic carbocycles. The number of carbonyl (C=O) groups is 1. The average Bonchev–Trinajstić information content (AvgIpc) is 2.16. The van der Waals surface area contributed by atoms with Gasteiger partial charge in [0.15, 0.2) is 5.78 Å². The summed E-state index contributed by atoms with van der Waals surface area (Å²) in [6.45, 7) is 9.35. The molecule has 0 N–H and O–H groups in total. The highest BCUT2D eigenvalue weighted by molar-refractivity contribution is 5.94. The van der Waals surface area contributed by atoms with Crippen molar-refractivity contribution in [1.82, 2.24) is 0 Å². The fraction of sp³-hybridized carbons (Fsp3) is 0.214. The van der Waals surface area contributed by atoms with E-state index in [4.69, 9.17) is 0 Å². The van der Waals surface area contributed by atoms with Crippen molar-refractivity contribution in [1.29, 1.82) is 0 Å². The van der Waals surface area contributed by atoms with Crippen LogP contribution in [0.25, 0.3) is 12.2 Å². The molecule has 0 heterocycles. The molecule has 0 aliphatic heterocycles. The van der Waals surface area contributed by atoms with Crippen molar-refractivity contribution in [2.24, 2.45) is 0 Å². The van der Waals surface area contributed by atoms with Gasteiger partial charge in [-0.25, -0.2) is 0 Å². The lowest BCUT2D eigenvalue weighted by Crippen LogP contribution is -2.25. The Hall–Kier alpha value is -1.63.